The molecule has 43 heavy (non-hydrogen) atoms. The van der Waals surface area contributed by atoms with Gasteiger partial charge in [-0.05, 0) is 86.1 Å². The SMILES string of the molecule is CCn1c2ccccc2c2cc(C(=O)c3ccc(-n4c5ccccc5c5cc(C(C)=NOC(C)=O)ccc54)cc3)ccc21. The second kappa shape index (κ2) is 10.4. The Morgan fingerprint density at radius 2 is 1.16 bits per heavy atom. The molecule has 0 unspecified atom stereocenters. The maximum Gasteiger partial charge on any atom is 0.331 e. The van der Waals surface area contributed by atoms with Crippen LogP contribution in [0.2, 0.25) is 0 Å². The number of rotatable bonds is 6. The van der Waals surface area contributed by atoms with Crippen LogP contribution in [0.5, 0.6) is 0 Å². The average Bonchev–Trinajstić information content (AvgIpc) is 3.55. The van der Waals surface area contributed by atoms with Gasteiger partial charge in [0.15, 0.2) is 5.78 Å². The Morgan fingerprint density at radius 1 is 0.628 bits per heavy atom. The molecule has 0 spiro atoms. The molecule has 6 heteroatoms. The highest BCUT2D eigenvalue weighted by Gasteiger charge is 2.17. The maximum absolute atomic E-state index is 13.7. The number of oxime groups is 1. The minimum Gasteiger partial charge on any atom is -0.341 e. The zero-order chi connectivity index (χ0) is 29.7. The molecule has 0 amide bonds. The van der Waals surface area contributed by atoms with Crippen molar-refractivity contribution in [2.45, 2.75) is 27.3 Å². The van der Waals surface area contributed by atoms with Gasteiger partial charge in [0.2, 0.25) is 0 Å². The van der Waals surface area contributed by atoms with Gasteiger partial charge in [-0.1, -0.05) is 47.6 Å². The Labute approximate surface area is 248 Å². The van der Waals surface area contributed by atoms with Crippen molar-refractivity contribution in [2.24, 2.45) is 5.16 Å². The summed E-state index contributed by atoms with van der Waals surface area (Å²) in [7, 11) is 0. The second-order valence-electron chi connectivity index (χ2n) is 10.7. The summed E-state index contributed by atoms with van der Waals surface area (Å²) in [6.07, 6.45) is 0. The van der Waals surface area contributed by atoms with E-state index in [0.29, 0.717) is 16.8 Å². The molecule has 0 atom stereocenters. The van der Waals surface area contributed by atoms with Gasteiger partial charge < -0.3 is 14.0 Å². The molecule has 0 saturated heterocycles. The minimum absolute atomic E-state index is 0.00353. The lowest BCUT2D eigenvalue weighted by Crippen LogP contribution is -2.02. The summed E-state index contributed by atoms with van der Waals surface area (Å²) in [5.74, 6) is -0.459. The van der Waals surface area contributed by atoms with Crippen LogP contribution >= 0.6 is 0 Å². The fourth-order valence-electron chi connectivity index (χ4n) is 6.13. The predicted molar refractivity (Wildman–Crippen MR) is 173 cm³/mol. The summed E-state index contributed by atoms with van der Waals surface area (Å²) in [4.78, 5) is 29.8. The van der Waals surface area contributed by atoms with E-state index in [1.165, 1.54) is 12.4 Å². The first kappa shape index (κ1) is 26.4. The highest BCUT2D eigenvalue weighted by atomic mass is 16.7. The van der Waals surface area contributed by atoms with Crippen molar-refractivity contribution in [1.82, 2.24) is 9.13 Å². The van der Waals surface area contributed by atoms with Crippen LogP contribution in [0, 0.1) is 0 Å². The molecule has 6 nitrogen and oxygen atoms in total. The van der Waals surface area contributed by atoms with E-state index in [0.717, 1.165) is 55.9 Å². The molecule has 0 saturated carbocycles. The van der Waals surface area contributed by atoms with Gasteiger partial charge in [0, 0.05) is 62.9 Å². The van der Waals surface area contributed by atoms with Gasteiger partial charge in [-0.25, -0.2) is 4.79 Å². The largest absolute Gasteiger partial charge is 0.341 e. The topological polar surface area (TPSA) is 65.6 Å². The molecule has 5 aromatic carbocycles. The van der Waals surface area contributed by atoms with E-state index < -0.39 is 5.97 Å². The molecule has 0 N–H and O–H groups in total. The van der Waals surface area contributed by atoms with Crippen molar-refractivity contribution in [1.29, 1.82) is 0 Å². The van der Waals surface area contributed by atoms with Gasteiger partial charge in [-0.3, -0.25) is 4.79 Å². The molecule has 0 aliphatic heterocycles. The molecule has 210 valence electrons. The Balaban J connectivity index is 1.27. The number of carbonyl (C=O) groups excluding carboxylic acids is 2. The van der Waals surface area contributed by atoms with Crippen molar-refractivity contribution >= 4 is 61.1 Å². The van der Waals surface area contributed by atoms with Crippen LogP contribution in [-0.4, -0.2) is 26.6 Å². The molecule has 7 rings (SSSR count). The number of hydrogen-bond acceptors (Lipinski definition) is 4. The second-order valence-corrected chi connectivity index (χ2v) is 10.7. The zero-order valence-corrected chi connectivity index (χ0v) is 24.2. The number of nitrogens with zero attached hydrogens (tertiary/aromatic N) is 3. The van der Waals surface area contributed by atoms with Crippen molar-refractivity contribution in [3.8, 4) is 5.69 Å². The lowest BCUT2D eigenvalue weighted by molar-refractivity contribution is -0.140. The van der Waals surface area contributed by atoms with E-state index >= 15 is 0 Å². The number of hydrogen-bond donors (Lipinski definition) is 0. The first-order chi connectivity index (χ1) is 20.9. The third-order valence-electron chi connectivity index (χ3n) is 8.14. The van der Waals surface area contributed by atoms with E-state index in [2.05, 4.69) is 69.7 Å². The van der Waals surface area contributed by atoms with E-state index in [1.807, 2.05) is 67.6 Å². The van der Waals surface area contributed by atoms with Crippen molar-refractivity contribution < 1.29 is 14.4 Å². The van der Waals surface area contributed by atoms with Gasteiger partial charge >= 0.3 is 5.97 Å². The van der Waals surface area contributed by atoms with Gasteiger partial charge in [0.25, 0.3) is 0 Å². The van der Waals surface area contributed by atoms with E-state index in [-0.39, 0.29) is 5.78 Å². The van der Waals surface area contributed by atoms with E-state index in [9.17, 15) is 9.59 Å². The maximum atomic E-state index is 13.7. The van der Waals surface area contributed by atoms with Crippen LogP contribution in [0.15, 0.2) is 114 Å². The molecule has 0 aliphatic rings. The third-order valence-corrected chi connectivity index (χ3v) is 8.14. The van der Waals surface area contributed by atoms with Gasteiger partial charge in [-0.2, -0.15) is 0 Å². The lowest BCUT2D eigenvalue weighted by Gasteiger charge is -2.10. The summed E-state index contributed by atoms with van der Waals surface area (Å²) in [6, 6.07) is 36.5. The fraction of sp³-hybridized carbons (Fsp3) is 0.108. The summed E-state index contributed by atoms with van der Waals surface area (Å²) in [5, 5.41) is 8.37. The first-order valence-corrected chi connectivity index (χ1v) is 14.4. The number of aryl methyl sites for hydroxylation is 1. The van der Waals surface area contributed by atoms with Crippen LogP contribution < -0.4 is 0 Å². The summed E-state index contributed by atoms with van der Waals surface area (Å²) in [5.41, 5.74) is 8.17. The molecule has 0 bridgehead atoms. The first-order valence-electron chi connectivity index (χ1n) is 14.4. The van der Waals surface area contributed by atoms with Crippen molar-refractivity contribution in [2.75, 3.05) is 0 Å². The summed E-state index contributed by atoms with van der Waals surface area (Å²) >= 11 is 0. The Hall–Kier alpha value is -5.49. The lowest BCUT2D eigenvalue weighted by atomic mass is 10.0. The Morgan fingerprint density at radius 3 is 1.88 bits per heavy atom. The summed E-state index contributed by atoms with van der Waals surface area (Å²) in [6.45, 7) is 6.16. The summed E-state index contributed by atoms with van der Waals surface area (Å²) < 4.78 is 4.49. The highest BCUT2D eigenvalue weighted by molar-refractivity contribution is 6.15. The van der Waals surface area contributed by atoms with Crippen LogP contribution in [0.1, 0.15) is 42.3 Å². The van der Waals surface area contributed by atoms with Gasteiger partial charge in [0.1, 0.15) is 0 Å². The molecular formula is C37H29N3O3. The number of fused-ring (bicyclic) bond motifs is 6. The van der Waals surface area contributed by atoms with Crippen LogP contribution in [-0.2, 0) is 16.2 Å². The molecule has 0 aliphatic carbocycles. The average molecular weight is 564 g/mol. The quantitative estimate of drug-likeness (QED) is 0.0883. The number of carbonyl (C=O) groups is 2. The van der Waals surface area contributed by atoms with E-state index in [1.54, 1.807) is 0 Å². The number of para-hydroxylation sites is 2. The normalized spacial score (nSPS) is 12.0. The highest BCUT2D eigenvalue weighted by Crippen LogP contribution is 2.34. The van der Waals surface area contributed by atoms with E-state index in [4.69, 9.17) is 4.84 Å². The third kappa shape index (κ3) is 4.39. The molecule has 2 heterocycles. The number of ketones is 1. The molecular weight excluding hydrogens is 534 g/mol. The number of aromatic nitrogens is 2. The Kier molecular flexibility index (Phi) is 6.39. The molecule has 2 aromatic heterocycles. The van der Waals surface area contributed by atoms with Crippen LogP contribution in [0.3, 0.4) is 0 Å². The standard InChI is InChI=1S/C37H29N3O3/c1-4-39-33-11-7-5-9-29(33)31-22-27(16-19-34(31)39)37(42)25-13-17-28(18-14-25)40-35-12-8-6-10-30(35)32-21-26(15-20-36(32)40)23(2)38-43-24(3)41/h5-22H,4H2,1-3H3. The monoisotopic (exact) mass is 563 g/mol. The smallest absolute Gasteiger partial charge is 0.331 e. The molecule has 0 radical (unpaired) electrons. The molecule has 0 fully saturated rings. The predicted octanol–water partition coefficient (Wildman–Crippen LogP) is 8.43. The van der Waals surface area contributed by atoms with Crippen molar-refractivity contribution in [3.63, 3.8) is 0 Å². The van der Waals surface area contributed by atoms with Crippen LogP contribution in [0.25, 0.3) is 49.3 Å². The Bertz CT molecular complexity index is 2250. The van der Waals surface area contributed by atoms with Gasteiger partial charge in [-0.15, -0.1) is 0 Å². The van der Waals surface area contributed by atoms with Crippen molar-refractivity contribution in [3.05, 3.63) is 126 Å². The molecule has 7 aromatic rings. The van der Waals surface area contributed by atoms with Gasteiger partial charge in [0.05, 0.1) is 16.7 Å². The zero-order valence-electron chi connectivity index (χ0n) is 24.2. The van der Waals surface area contributed by atoms with Crippen LogP contribution in [0.4, 0.5) is 0 Å². The fourth-order valence-corrected chi connectivity index (χ4v) is 6.13. The minimum atomic E-state index is -0.455. The number of benzene rings is 5.